The Kier molecular flexibility index (Phi) is 8.67. The van der Waals surface area contributed by atoms with Crippen LogP contribution in [0.3, 0.4) is 0 Å². The molecule has 158 valence electrons. The smallest absolute Gasteiger partial charge is 0.308 e. The number of hydrogen-bond donors (Lipinski definition) is 2. The van der Waals surface area contributed by atoms with Crippen LogP contribution in [0.1, 0.15) is 37.0 Å². The van der Waals surface area contributed by atoms with Crippen LogP contribution in [0, 0.1) is 5.92 Å². The Labute approximate surface area is 185 Å². The van der Waals surface area contributed by atoms with Gasteiger partial charge in [-0.2, -0.15) is 0 Å². The molecule has 0 aromatic heterocycles. The molecule has 7 nitrogen and oxygen atoms in total. The third-order valence-corrected chi connectivity index (χ3v) is 5.03. The number of nitrogens with zero attached hydrogens (tertiary/aromatic N) is 1. The van der Waals surface area contributed by atoms with Crippen LogP contribution >= 0.6 is 35.4 Å². The summed E-state index contributed by atoms with van der Waals surface area (Å²) in [6.45, 7) is 5.04. The monoisotopic (exact) mass is 459 g/mol. The number of piperazine rings is 1. The minimum Gasteiger partial charge on any atom is -0.466 e. The largest absolute Gasteiger partial charge is 0.466 e. The van der Waals surface area contributed by atoms with Crippen LogP contribution in [-0.4, -0.2) is 53.5 Å². The van der Waals surface area contributed by atoms with Crippen molar-refractivity contribution >= 4 is 58.3 Å². The molecule has 1 unspecified atom stereocenters. The van der Waals surface area contributed by atoms with E-state index in [0.717, 1.165) is 6.42 Å². The standard InChI is InChI=1S/C19H23Cl2N3O4S/c1-11(2)3-6-28-16(25)10-15-18(27)22-4-5-24(15)19(29)23-17(26)12-7-13(20)9-14(21)8-12/h7-9,11,15H,3-6,10H2,1-2H3,(H,22,27)(H,23,26,29). The molecular weight excluding hydrogens is 437 g/mol. The van der Waals surface area contributed by atoms with E-state index in [2.05, 4.69) is 10.6 Å². The molecule has 0 radical (unpaired) electrons. The summed E-state index contributed by atoms with van der Waals surface area (Å²) in [4.78, 5) is 38.4. The van der Waals surface area contributed by atoms with Crippen molar-refractivity contribution in [3.8, 4) is 0 Å². The van der Waals surface area contributed by atoms with Crippen molar-refractivity contribution in [3.05, 3.63) is 33.8 Å². The second kappa shape index (κ2) is 10.8. The highest BCUT2D eigenvalue weighted by atomic mass is 35.5. The van der Waals surface area contributed by atoms with Gasteiger partial charge in [-0.25, -0.2) is 0 Å². The van der Waals surface area contributed by atoms with Crippen molar-refractivity contribution < 1.29 is 19.1 Å². The summed E-state index contributed by atoms with van der Waals surface area (Å²) in [5, 5.41) is 5.94. The Bertz CT molecular complexity index is 783. The maximum atomic E-state index is 12.5. The molecule has 2 N–H and O–H groups in total. The molecule has 0 bridgehead atoms. The fraction of sp³-hybridized carbons (Fsp3) is 0.474. The summed E-state index contributed by atoms with van der Waals surface area (Å²) in [6.07, 6.45) is 0.575. The number of ether oxygens (including phenoxy) is 1. The highest BCUT2D eigenvalue weighted by Gasteiger charge is 2.34. The Morgan fingerprint density at radius 1 is 1.31 bits per heavy atom. The van der Waals surface area contributed by atoms with Gasteiger partial charge in [0.1, 0.15) is 6.04 Å². The quantitative estimate of drug-likeness (QED) is 0.502. The molecule has 0 saturated carbocycles. The normalized spacial score (nSPS) is 16.4. The second-order valence-electron chi connectivity index (χ2n) is 7.02. The SMILES string of the molecule is CC(C)CCOC(=O)CC1C(=O)NCCN1C(=S)NC(=O)c1cc(Cl)cc(Cl)c1. The number of nitrogens with one attached hydrogen (secondary N) is 2. The summed E-state index contributed by atoms with van der Waals surface area (Å²) in [7, 11) is 0. The maximum absolute atomic E-state index is 12.5. The van der Waals surface area contributed by atoms with Crippen LogP contribution in [0.2, 0.25) is 10.0 Å². The first-order valence-electron chi connectivity index (χ1n) is 9.18. The summed E-state index contributed by atoms with van der Waals surface area (Å²) in [5.74, 6) is -0.948. The van der Waals surface area contributed by atoms with E-state index >= 15 is 0 Å². The van der Waals surface area contributed by atoms with Crippen LogP contribution in [0.5, 0.6) is 0 Å². The zero-order chi connectivity index (χ0) is 21.6. The lowest BCUT2D eigenvalue weighted by Gasteiger charge is -2.36. The molecule has 29 heavy (non-hydrogen) atoms. The zero-order valence-electron chi connectivity index (χ0n) is 16.2. The van der Waals surface area contributed by atoms with Crippen molar-refractivity contribution in [2.45, 2.75) is 32.7 Å². The molecule has 1 aliphatic rings. The van der Waals surface area contributed by atoms with E-state index < -0.39 is 17.9 Å². The van der Waals surface area contributed by atoms with Crippen molar-refractivity contribution in [2.75, 3.05) is 19.7 Å². The van der Waals surface area contributed by atoms with Crippen molar-refractivity contribution in [2.24, 2.45) is 5.92 Å². The fourth-order valence-electron chi connectivity index (χ4n) is 2.71. The molecule has 0 spiro atoms. The van der Waals surface area contributed by atoms with Gasteiger partial charge < -0.3 is 15.0 Å². The van der Waals surface area contributed by atoms with Gasteiger partial charge in [-0.1, -0.05) is 37.0 Å². The molecule has 0 aliphatic carbocycles. The van der Waals surface area contributed by atoms with E-state index in [9.17, 15) is 14.4 Å². The van der Waals surface area contributed by atoms with Gasteiger partial charge in [-0.05, 0) is 42.8 Å². The highest BCUT2D eigenvalue weighted by molar-refractivity contribution is 7.80. The van der Waals surface area contributed by atoms with Gasteiger partial charge in [0.25, 0.3) is 5.91 Å². The molecule has 2 amide bonds. The van der Waals surface area contributed by atoms with Crippen molar-refractivity contribution in [1.82, 2.24) is 15.5 Å². The first-order chi connectivity index (χ1) is 13.7. The average Bonchev–Trinajstić information content (AvgIpc) is 2.62. The molecule has 1 aromatic rings. The van der Waals surface area contributed by atoms with E-state index in [1.54, 1.807) is 0 Å². The van der Waals surface area contributed by atoms with Gasteiger partial charge in [0.05, 0.1) is 13.0 Å². The summed E-state index contributed by atoms with van der Waals surface area (Å²) < 4.78 is 5.20. The Balaban J connectivity index is 2.02. The van der Waals surface area contributed by atoms with Crippen LogP contribution in [-0.2, 0) is 14.3 Å². The van der Waals surface area contributed by atoms with Crippen molar-refractivity contribution in [3.63, 3.8) is 0 Å². The van der Waals surface area contributed by atoms with Crippen LogP contribution in [0.15, 0.2) is 18.2 Å². The first kappa shape index (κ1) is 23.4. The highest BCUT2D eigenvalue weighted by Crippen LogP contribution is 2.19. The molecule has 10 heteroatoms. The average molecular weight is 460 g/mol. The molecule has 1 heterocycles. The number of hydrogen-bond acceptors (Lipinski definition) is 5. The molecule has 2 rings (SSSR count). The third-order valence-electron chi connectivity index (χ3n) is 4.26. The Morgan fingerprint density at radius 2 is 1.97 bits per heavy atom. The number of benzene rings is 1. The Morgan fingerprint density at radius 3 is 2.59 bits per heavy atom. The van der Waals surface area contributed by atoms with E-state index in [1.807, 2.05) is 13.8 Å². The molecule has 1 aromatic carbocycles. The van der Waals surface area contributed by atoms with E-state index in [4.69, 9.17) is 40.2 Å². The number of amides is 2. The van der Waals surface area contributed by atoms with Crippen LogP contribution < -0.4 is 10.6 Å². The van der Waals surface area contributed by atoms with Crippen molar-refractivity contribution in [1.29, 1.82) is 0 Å². The topological polar surface area (TPSA) is 87.7 Å². The number of rotatable bonds is 6. The molecule has 1 fully saturated rings. The zero-order valence-corrected chi connectivity index (χ0v) is 18.5. The van der Waals surface area contributed by atoms with Crippen LogP contribution in [0.25, 0.3) is 0 Å². The number of carbonyl (C=O) groups is 3. The predicted octanol–water partition coefficient (Wildman–Crippen LogP) is 2.79. The fourth-order valence-corrected chi connectivity index (χ4v) is 3.55. The van der Waals surface area contributed by atoms with Gasteiger partial charge in [-0.3, -0.25) is 19.7 Å². The van der Waals surface area contributed by atoms with E-state index in [1.165, 1.54) is 23.1 Å². The number of halogens is 2. The first-order valence-corrected chi connectivity index (χ1v) is 10.3. The lowest BCUT2D eigenvalue weighted by molar-refractivity contribution is -0.147. The van der Waals surface area contributed by atoms with Gasteiger partial charge in [0.15, 0.2) is 5.11 Å². The molecule has 1 saturated heterocycles. The minimum atomic E-state index is -0.856. The van der Waals surface area contributed by atoms with Crippen LogP contribution in [0.4, 0.5) is 0 Å². The molecular formula is C19H23Cl2N3O4S. The summed E-state index contributed by atoms with van der Waals surface area (Å²) in [6, 6.07) is 3.56. The molecule has 1 atom stereocenters. The second-order valence-corrected chi connectivity index (χ2v) is 8.28. The van der Waals surface area contributed by atoms with Gasteiger partial charge in [0, 0.05) is 28.7 Å². The lowest BCUT2D eigenvalue weighted by Crippen LogP contribution is -2.60. The maximum Gasteiger partial charge on any atom is 0.308 e. The van der Waals surface area contributed by atoms with Gasteiger partial charge >= 0.3 is 5.97 Å². The summed E-state index contributed by atoms with van der Waals surface area (Å²) >= 11 is 17.2. The Hall–Kier alpha value is -1.90. The molecule has 1 aliphatic heterocycles. The van der Waals surface area contributed by atoms with E-state index in [0.29, 0.717) is 35.7 Å². The predicted molar refractivity (Wildman–Crippen MR) is 115 cm³/mol. The number of esters is 1. The van der Waals surface area contributed by atoms with Gasteiger partial charge in [-0.15, -0.1) is 0 Å². The lowest BCUT2D eigenvalue weighted by atomic mass is 10.1. The van der Waals surface area contributed by atoms with Gasteiger partial charge in [0.2, 0.25) is 5.91 Å². The summed E-state index contributed by atoms with van der Waals surface area (Å²) in [5.41, 5.74) is 0.232. The number of thiocarbonyl (C=S) groups is 1. The third kappa shape index (κ3) is 7.13. The minimum absolute atomic E-state index is 0.0425. The van der Waals surface area contributed by atoms with E-state index in [-0.39, 0.29) is 23.0 Å². The number of carbonyl (C=O) groups excluding carboxylic acids is 3.